The standard InChI is InChI=1S/C14H17ClFNO3S/c1-21(19,20)17-6-4-11(5-7-17)14(18)9-10-2-3-12(15)13(16)8-10/h2-3,8,11H,4-7,9H2,1H3. The molecule has 1 aliphatic rings. The van der Waals surface area contributed by atoms with Gasteiger partial charge in [0, 0.05) is 25.4 Å². The Balaban J connectivity index is 1.95. The summed E-state index contributed by atoms with van der Waals surface area (Å²) < 4.78 is 37.5. The third-order valence-electron chi connectivity index (χ3n) is 3.74. The summed E-state index contributed by atoms with van der Waals surface area (Å²) in [7, 11) is -3.19. The number of hydrogen-bond donors (Lipinski definition) is 0. The van der Waals surface area contributed by atoms with E-state index in [0.717, 1.165) is 0 Å². The average molecular weight is 334 g/mol. The van der Waals surface area contributed by atoms with Gasteiger partial charge in [-0.25, -0.2) is 17.1 Å². The van der Waals surface area contributed by atoms with Crippen molar-refractivity contribution < 1.29 is 17.6 Å². The molecule has 1 fully saturated rings. The van der Waals surface area contributed by atoms with Crippen molar-refractivity contribution in [3.05, 3.63) is 34.6 Å². The minimum Gasteiger partial charge on any atom is -0.299 e. The molecule has 1 aromatic rings. The monoisotopic (exact) mass is 333 g/mol. The number of sulfonamides is 1. The Morgan fingerprint density at radius 3 is 2.52 bits per heavy atom. The summed E-state index contributed by atoms with van der Waals surface area (Å²) in [6.45, 7) is 0.731. The van der Waals surface area contributed by atoms with E-state index in [1.807, 2.05) is 0 Å². The molecule has 0 bridgehead atoms. The van der Waals surface area contributed by atoms with E-state index < -0.39 is 15.8 Å². The minimum absolute atomic E-state index is 0.0184. The van der Waals surface area contributed by atoms with Crippen LogP contribution in [0, 0.1) is 11.7 Å². The van der Waals surface area contributed by atoms with Gasteiger partial charge in [0.15, 0.2) is 0 Å². The van der Waals surface area contributed by atoms with E-state index in [4.69, 9.17) is 11.6 Å². The number of hydrogen-bond acceptors (Lipinski definition) is 3. The van der Waals surface area contributed by atoms with Gasteiger partial charge in [-0.1, -0.05) is 17.7 Å². The topological polar surface area (TPSA) is 54.5 Å². The van der Waals surface area contributed by atoms with E-state index >= 15 is 0 Å². The molecular weight excluding hydrogens is 317 g/mol. The van der Waals surface area contributed by atoms with Gasteiger partial charge in [0.1, 0.15) is 11.6 Å². The average Bonchev–Trinajstić information content (AvgIpc) is 2.42. The zero-order chi connectivity index (χ0) is 15.6. The van der Waals surface area contributed by atoms with Crippen LogP contribution in [0.25, 0.3) is 0 Å². The highest BCUT2D eigenvalue weighted by Crippen LogP contribution is 2.22. The molecule has 0 radical (unpaired) electrons. The maximum atomic E-state index is 13.3. The molecule has 0 atom stereocenters. The number of carbonyl (C=O) groups excluding carboxylic acids is 1. The molecule has 1 heterocycles. The van der Waals surface area contributed by atoms with Crippen molar-refractivity contribution in [2.24, 2.45) is 5.92 Å². The fourth-order valence-corrected chi connectivity index (χ4v) is 3.50. The Labute approximate surface area is 128 Å². The van der Waals surface area contributed by atoms with Crippen molar-refractivity contribution >= 4 is 27.4 Å². The molecule has 1 aromatic carbocycles. The van der Waals surface area contributed by atoms with Gasteiger partial charge in [0.2, 0.25) is 10.0 Å². The van der Waals surface area contributed by atoms with E-state index in [1.165, 1.54) is 22.7 Å². The maximum absolute atomic E-state index is 13.3. The van der Waals surface area contributed by atoms with Crippen LogP contribution < -0.4 is 0 Å². The summed E-state index contributed by atoms with van der Waals surface area (Å²) >= 11 is 5.60. The molecule has 0 amide bonds. The van der Waals surface area contributed by atoms with E-state index in [0.29, 0.717) is 31.5 Å². The van der Waals surface area contributed by atoms with Crippen LogP contribution in [0.5, 0.6) is 0 Å². The van der Waals surface area contributed by atoms with Crippen molar-refractivity contribution in [3.63, 3.8) is 0 Å². The van der Waals surface area contributed by atoms with Crippen LogP contribution in [-0.2, 0) is 21.2 Å². The number of ketones is 1. The Bertz CT molecular complexity index is 640. The summed E-state index contributed by atoms with van der Waals surface area (Å²) in [5.41, 5.74) is 0.590. The SMILES string of the molecule is CS(=O)(=O)N1CCC(C(=O)Cc2ccc(Cl)c(F)c2)CC1. The maximum Gasteiger partial charge on any atom is 0.211 e. The fraction of sp³-hybridized carbons (Fsp3) is 0.500. The lowest BCUT2D eigenvalue weighted by atomic mass is 9.90. The van der Waals surface area contributed by atoms with Crippen molar-refractivity contribution in [3.8, 4) is 0 Å². The quantitative estimate of drug-likeness (QED) is 0.849. The van der Waals surface area contributed by atoms with Crippen LogP contribution in [0.3, 0.4) is 0 Å². The van der Waals surface area contributed by atoms with Crippen LogP contribution in [-0.4, -0.2) is 37.9 Å². The summed E-state index contributed by atoms with van der Waals surface area (Å²) in [6, 6.07) is 4.34. The smallest absolute Gasteiger partial charge is 0.211 e. The lowest BCUT2D eigenvalue weighted by Crippen LogP contribution is -2.39. The highest BCUT2D eigenvalue weighted by molar-refractivity contribution is 7.88. The molecule has 0 spiro atoms. The third-order valence-corrected chi connectivity index (χ3v) is 5.35. The van der Waals surface area contributed by atoms with E-state index in [9.17, 15) is 17.6 Å². The molecule has 0 aromatic heterocycles. The van der Waals surface area contributed by atoms with Crippen molar-refractivity contribution in [2.75, 3.05) is 19.3 Å². The fourth-order valence-electron chi connectivity index (χ4n) is 2.50. The van der Waals surface area contributed by atoms with E-state index in [2.05, 4.69) is 0 Å². The summed E-state index contributed by atoms with van der Waals surface area (Å²) in [5.74, 6) is -0.680. The van der Waals surface area contributed by atoms with Crippen LogP contribution in [0.4, 0.5) is 4.39 Å². The van der Waals surface area contributed by atoms with Gasteiger partial charge in [0.05, 0.1) is 11.3 Å². The Kier molecular flexibility index (Phi) is 5.01. The molecule has 0 N–H and O–H groups in total. The van der Waals surface area contributed by atoms with Gasteiger partial charge in [-0.05, 0) is 30.5 Å². The lowest BCUT2D eigenvalue weighted by Gasteiger charge is -2.29. The molecule has 4 nitrogen and oxygen atoms in total. The number of Topliss-reactive ketones (excluding diaryl/α,β-unsaturated/α-hetero) is 1. The van der Waals surface area contributed by atoms with Gasteiger partial charge in [0.25, 0.3) is 0 Å². The van der Waals surface area contributed by atoms with E-state index in [-0.39, 0.29) is 23.1 Å². The number of rotatable bonds is 4. The van der Waals surface area contributed by atoms with Crippen LogP contribution >= 0.6 is 11.6 Å². The first-order chi connectivity index (χ1) is 9.77. The second-order valence-electron chi connectivity index (χ2n) is 5.33. The largest absolute Gasteiger partial charge is 0.299 e. The molecule has 21 heavy (non-hydrogen) atoms. The van der Waals surface area contributed by atoms with Gasteiger partial charge in [-0.15, -0.1) is 0 Å². The molecule has 1 saturated heterocycles. The first kappa shape index (κ1) is 16.4. The number of nitrogens with zero attached hydrogens (tertiary/aromatic N) is 1. The van der Waals surface area contributed by atoms with Crippen LogP contribution in [0.2, 0.25) is 5.02 Å². The van der Waals surface area contributed by atoms with Gasteiger partial charge in [-0.2, -0.15) is 0 Å². The number of carbonyl (C=O) groups is 1. The van der Waals surface area contributed by atoms with Crippen molar-refractivity contribution in [2.45, 2.75) is 19.3 Å². The molecule has 7 heteroatoms. The zero-order valence-corrected chi connectivity index (χ0v) is 13.3. The molecular formula is C14H17ClFNO3S. The highest BCUT2D eigenvalue weighted by atomic mass is 35.5. The van der Waals surface area contributed by atoms with Gasteiger partial charge < -0.3 is 0 Å². The van der Waals surface area contributed by atoms with Gasteiger partial charge in [-0.3, -0.25) is 4.79 Å². The Morgan fingerprint density at radius 2 is 2.00 bits per heavy atom. The van der Waals surface area contributed by atoms with Crippen LogP contribution in [0.1, 0.15) is 18.4 Å². The Hall–Kier alpha value is -0.980. The summed E-state index contributed by atoms with van der Waals surface area (Å²) in [5, 5.41) is 0.0349. The molecule has 2 rings (SSSR count). The molecule has 0 saturated carbocycles. The third kappa shape index (κ3) is 4.25. The molecule has 0 unspecified atom stereocenters. The molecule has 116 valence electrons. The highest BCUT2D eigenvalue weighted by Gasteiger charge is 2.28. The summed E-state index contributed by atoms with van der Waals surface area (Å²) in [4.78, 5) is 12.2. The van der Waals surface area contributed by atoms with Crippen molar-refractivity contribution in [1.82, 2.24) is 4.31 Å². The molecule has 0 aliphatic carbocycles. The predicted octanol–water partition coefficient (Wildman–Crippen LogP) is 2.26. The van der Waals surface area contributed by atoms with Crippen molar-refractivity contribution in [1.29, 1.82) is 0 Å². The second-order valence-corrected chi connectivity index (χ2v) is 7.72. The van der Waals surface area contributed by atoms with Gasteiger partial charge >= 0.3 is 0 Å². The normalized spacial score (nSPS) is 17.9. The summed E-state index contributed by atoms with van der Waals surface area (Å²) in [6.07, 6.45) is 2.35. The number of benzene rings is 1. The molecule has 1 aliphatic heterocycles. The minimum atomic E-state index is -3.19. The van der Waals surface area contributed by atoms with Crippen LogP contribution in [0.15, 0.2) is 18.2 Å². The number of halogens is 2. The zero-order valence-electron chi connectivity index (χ0n) is 11.7. The predicted molar refractivity (Wildman–Crippen MR) is 79.3 cm³/mol. The number of piperidine rings is 1. The Morgan fingerprint density at radius 1 is 1.38 bits per heavy atom. The first-order valence-electron chi connectivity index (χ1n) is 6.69. The first-order valence-corrected chi connectivity index (χ1v) is 8.92. The lowest BCUT2D eigenvalue weighted by molar-refractivity contribution is -0.123. The van der Waals surface area contributed by atoms with E-state index in [1.54, 1.807) is 6.07 Å². The second kappa shape index (κ2) is 6.42.